The largest absolute Gasteiger partial charge is 0.490 e. The van der Waals surface area contributed by atoms with E-state index in [-0.39, 0.29) is 36.0 Å². The highest BCUT2D eigenvalue weighted by Gasteiger charge is 2.38. The Hall–Kier alpha value is -3.69. The molecule has 45 heavy (non-hydrogen) atoms. The van der Waals surface area contributed by atoms with E-state index < -0.39 is 47.5 Å². The minimum absolute atomic E-state index is 0.0556. The smallest absolute Gasteiger partial charge is 0.481 e. The number of halogens is 7. The number of carbonyl (C=O) groups is 3. The van der Waals surface area contributed by atoms with Gasteiger partial charge in [-0.05, 0) is 57.7 Å². The molecule has 2 fully saturated rings. The minimum Gasteiger partial charge on any atom is -0.481 e. The first-order valence-corrected chi connectivity index (χ1v) is 14.4. The summed E-state index contributed by atoms with van der Waals surface area (Å²) in [4.78, 5) is 35.5. The van der Waals surface area contributed by atoms with Crippen LogP contribution in [0.5, 0.6) is 0 Å². The Morgan fingerprint density at radius 1 is 1.07 bits per heavy atom. The number of alkyl halides is 7. The molecule has 2 heterocycles. The number of nitrogens with one attached hydrogen (secondary N) is 1. The second-order valence-corrected chi connectivity index (χ2v) is 11.5. The zero-order valence-electron chi connectivity index (χ0n) is 24.4. The van der Waals surface area contributed by atoms with Crippen molar-refractivity contribution >= 4 is 17.8 Å². The SMILES string of the molecule is CC1(F)CCCN(CCC(CC(=O)O)NC(=O)c2cc(-c3ccccc3C(F)(F)F)n(C3CCCC3)n2)C1.O=C(O)C(F)(F)F. The third-order valence-corrected chi connectivity index (χ3v) is 7.67. The van der Waals surface area contributed by atoms with Gasteiger partial charge in [-0.2, -0.15) is 31.4 Å². The third kappa shape index (κ3) is 10.4. The first-order valence-electron chi connectivity index (χ1n) is 14.4. The number of carboxylic acid groups (broad SMARTS) is 2. The molecule has 1 aliphatic carbocycles. The average molecular weight is 653 g/mol. The normalized spacial score (nSPS) is 20.3. The first-order chi connectivity index (χ1) is 20.9. The molecule has 2 aromatic rings. The minimum atomic E-state index is -5.08. The van der Waals surface area contributed by atoms with Gasteiger partial charge in [0, 0.05) is 24.7 Å². The molecule has 1 amide bonds. The lowest BCUT2D eigenvalue weighted by Gasteiger charge is -2.35. The van der Waals surface area contributed by atoms with Crippen LogP contribution in [0.4, 0.5) is 30.7 Å². The van der Waals surface area contributed by atoms with Gasteiger partial charge in [-0.15, -0.1) is 0 Å². The maximum absolute atomic E-state index is 14.4. The number of nitrogens with zero attached hydrogens (tertiary/aromatic N) is 3. The Kier molecular flexibility index (Phi) is 11.6. The van der Waals surface area contributed by atoms with Crippen molar-refractivity contribution in [1.82, 2.24) is 20.0 Å². The molecule has 16 heteroatoms. The fraction of sp³-hybridized carbons (Fsp3) is 0.586. The molecule has 3 N–H and O–H groups in total. The molecular formula is C29H35F7N4O5. The molecule has 2 aliphatic rings. The Labute approximate surface area is 254 Å². The topological polar surface area (TPSA) is 125 Å². The number of hydrogen-bond donors (Lipinski definition) is 3. The van der Waals surface area contributed by atoms with Gasteiger partial charge in [0.25, 0.3) is 5.91 Å². The summed E-state index contributed by atoms with van der Waals surface area (Å²) in [6, 6.07) is 5.70. The Balaban J connectivity index is 0.000000707. The maximum Gasteiger partial charge on any atom is 0.490 e. The molecule has 0 radical (unpaired) electrons. The van der Waals surface area contributed by atoms with Crippen molar-refractivity contribution in [2.45, 2.75) is 88.4 Å². The second-order valence-electron chi connectivity index (χ2n) is 11.5. The van der Waals surface area contributed by atoms with Crippen LogP contribution < -0.4 is 5.32 Å². The zero-order chi connectivity index (χ0) is 33.6. The Bertz CT molecular complexity index is 1340. The zero-order valence-corrected chi connectivity index (χ0v) is 24.4. The number of amides is 1. The van der Waals surface area contributed by atoms with E-state index in [1.54, 1.807) is 6.92 Å². The van der Waals surface area contributed by atoms with Gasteiger partial charge in [0.15, 0.2) is 5.69 Å². The quantitative estimate of drug-likeness (QED) is 0.280. The monoisotopic (exact) mass is 652 g/mol. The van der Waals surface area contributed by atoms with Crippen molar-refractivity contribution in [3.8, 4) is 11.3 Å². The summed E-state index contributed by atoms with van der Waals surface area (Å²) in [7, 11) is 0. The first kappa shape index (κ1) is 35.8. The van der Waals surface area contributed by atoms with E-state index >= 15 is 0 Å². The summed E-state index contributed by atoms with van der Waals surface area (Å²) < 4.78 is 89.1. The van der Waals surface area contributed by atoms with Gasteiger partial charge in [-0.25, -0.2) is 9.18 Å². The number of piperidine rings is 1. The fourth-order valence-electron chi connectivity index (χ4n) is 5.61. The standard InChI is InChI=1S/C27H34F4N4O3.C2HF3O2/c1-26(28)12-6-13-34(17-26)14-11-18(15-24(36)37)32-25(38)22-16-23(35(33-22)19-7-2-3-8-19)20-9-4-5-10-21(20)27(29,30)31;3-2(4,5)1(6)7/h4-5,9-10,16,18-19H,2-3,6-8,11-15,17H2,1H3,(H,32,38)(H,36,37);(H,6,7). The summed E-state index contributed by atoms with van der Waals surface area (Å²) in [6.45, 7) is 2.90. The lowest BCUT2D eigenvalue weighted by molar-refractivity contribution is -0.192. The van der Waals surface area contributed by atoms with Crippen molar-refractivity contribution in [3.05, 3.63) is 41.6 Å². The Morgan fingerprint density at radius 3 is 2.24 bits per heavy atom. The molecule has 1 aromatic carbocycles. The predicted octanol–water partition coefficient (Wildman–Crippen LogP) is 6.10. The Morgan fingerprint density at radius 2 is 1.69 bits per heavy atom. The van der Waals surface area contributed by atoms with E-state index in [1.807, 2.05) is 4.90 Å². The van der Waals surface area contributed by atoms with Crippen molar-refractivity contribution < 1.29 is 55.3 Å². The van der Waals surface area contributed by atoms with E-state index in [0.717, 1.165) is 31.7 Å². The molecule has 1 aliphatic heterocycles. The van der Waals surface area contributed by atoms with Gasteiger partial charge >= 0.3 is 24.3 Å². The van der Waals surface area contributed by atoms with E-state index in [9.17, 15) is 45.4 Å². The maximum atomic E-state index is 14.4. The highest BCUT2D eigenvalue weighted by Crippen LogP contribution is 2.40. The molecule has 2 atom stereocenters. The van der Waals surface area contributed by atoms with Crippen LogP contribution in [0.1, 0.15) is 80.4 Å². The van der Waals surface area contributed by atoms with Gasteiger partial charge in [0.1, 0.15) is 5.67 Å². The van der Waals surface area contributed by atoms with Gasteiger partial charge in [-0.1, -0.05) is 31.0 Å². The van der Waals surface area contributed by atoms with Crippen LogP contribution in [0.3, 0.4) is 0 Å². The fourth-order valence-corrected chi connectivity index (χ4v) is 5.61. The average Bonchev–Trinajstić information content (AvgIpc) is 3.61. The molecule has 1 saturated carbocycles. The molecular weight excluding hydrogens is 617 g/mol. The number of aromatic nitrogens is 2. The summed E-state index contributed by atoms with van der Waals surface area (Å²) in [5.41, 5.74) is -2.02. The third-order valence-electron chi connectivity index (χ3n) is 7.67. The predicted molar refractivity (Wildman–Crippen MR) is 147 cm³/mol. The van der Waals surface area contributed by atoms with Crippen LogP contribution in [0.25, 0.3) is 11.3 Å². The summed E-state index contributed by atoms with van der Waals surface area (Å²) in [5, 5.41) is 23.6. The lowest BCUT2D eigenvalue weighted by atomic mass is 9.96. The van der Waals surface area contributed by atoms with Gasteiger partial charge in [0.05, 0.1) is 23.7 Å². The van der Waals surface area contributed by atoms with Crippen molar-refractivity contribution in [3.63, 3.8) is 0 Å². The van der Waals surface area contributed by atoms with E-state index in [2.05, 4.69) is 10.4 Å². The highest BCUT2D eigenvalue weighted by molar-refractivity contribution is 5.94. The van der Waals surface area contributed by atoms with Gasteiger partial charge in [-0.3, -0.25) is 14.3 Å². The van der Waals surface area contributed by atoms with E-state index in [0.29, 0.717) is 32.4 Å². The van der Waals surface area contributed by atoms with Crippen LogP contribution in [-0.4, -0.2) is 80.3 Å². The van der Waals surface area contributed by atoms with Crippen molar-refractivity contribution in [2.75, 3.05) is 19.6 Å². The molecule has 1 aromatic heterocycles. The molecule has 4 rings (SSSR count). The molecule has 1 saturated heterocycles. The van der Waals surface area contributed by atoms with Crippen LogP contribution in [0, 0.1) is 0 Å². The number of carbonyl (C=O) groups excluding carboxylic acids is 1. The highest BCUT2D eigenvalue weighted by atomic mass is 19.4. The summed E-state index contributed by atoms with van der Waals surface area (Å²) in [6.07, 6.45) is -5.21. The molecule has 250 valence electrons. The second kappa shape index (κ2) is 14.6. The summed E-state index contributed by atoms with van der Waals surface area (Å²) >= 11 is 0. The van der Waals surface area contributed by atoms with Crippen LogP contribution in [-0.2, 0) is 15.8 Å². The van der Waals surface area contributed by atoms with Crippen LogP contribution >= 0.6 is 0 Å². The lowest BCUT2D eigenvalue weighted by Crippen LogP contribution is -2.46. The van der Waals surface area contributed by atoms with Gasteiger partial charge in [0.2, 0.25) is 0 Å². The van der Waals surface area contributed by atoms with E-state index in [1.165, 1.54) is 28.9 Å². The number of rotatable bonds is 9. The van der Waals surface area contributed by atoms with Crippen molar-refractivity contribution in [2.24, 2.45) is 0 Å². The number of hydrogen-bond acceptors (Lipinski definition) is 5. The molecule has 0 bridgehead atoms. The molecule has 0 spiro atoms. The summed E-state index contributed by atoms with van der Waals surface area (Å²) in [5.74, 6) is -4.50. The van der Waals surface area contributed by atoms with Crippen molar-refractivity contribution in [1.29, 1.82) is 0 Å². The number of aliphatic carboxylic acids is 2. The number of benzene rings is 1. The molecule has 2 unspecified atom stereocenters. The number of carboxylic acids is 2. The van der Waals surface area contributed by atoms with Crippen LogP contribution in [0.2, 0.25) is 0 Å². The van der Waals surface area contributed by atoms with Crippen LogP contribution in [0.15, 0.2) is 30.3 Å². The van der Waals surface area contributed by atoms with Gasteiger partial charge < -0.3 is 20.4 Å². The molecule has 9 nitrogen and oxygen atoms in total. The van der Waals surface area contributed by atoms with E-state index in [4.69, 9.17) is 9.90 Å². The number of likely N-dealkylation sites (tertiary alicyclic amines) is 1.